The van der Waals surface area contributed by atoms with Gasteiger partial charge in [0.05, 0.1) is 7.11 Å². The van der Waals surface area contributed by atoms with Crippen LogP contribution in [0.15, 0.2) is 30.3 Å². The lowest BCUT2D eigenvalue weighted by Crippen LogP contribution is -2.27. The van der Waals surface area contributed by atoms with E-state index in [1.165, 1.54) is 18.9 Å². The van der Waals surface area contributed by atoms with E-state index >= 15 is 0 Å². The molecule has 3 nitrogen and oxygen atoms in total. The summed E-state index contributed by atoms with van der Waals surface area (Å²) in [5, 5.41) is 0. The molecule has 128 valence electrons. The summed E-state index contributed by atoms with van der Waals surface area (Å²) in [5.74, 6) is 1.23. The maximum atomic E-state index is 12.0. The number of ether oxygens (including phenoxy) is 2. The Labute approximate surface area is 140 Å². The van der Waals surface area contributed by atoms with Gasteiger partial charge in [-0.1, -0.05) is 38.8 Å². The van der Waals surface area contributed by atoms with E-state index in [2.05, 4.69) is 13.8 Å². The Balaban J connectivity index is 2.45. The zero-order valence-corrected chi connectivity index (χ0v) is 15.1. The van der Waals surface area contributed by atoms with Gasteiger partial charge in [-0.15, -0.1) is 0 Å². The molecule has 0 saturated heterocycles. The largest absolute Gasteiger partial charge is 0.497 e. The summed E-state index contributed by atoms with van der Waals surface area (Å²) >= 11 is 0. The second-order valence-corrected chi connectivity index (χ2v) is 6.69. The smallest absolute Gasteiger partial charge is 0.331 e. The minimum absolute atomic E-state index is 0.297. The highest BCUT2D eigenvalue weighted by atomic mass is 16.6. The lowest BCUT2D eigenvalue weighted by molar-refractivity contribution is -0.150. The van der Waals surface area contributed by atoms with Gasteiger partial charge in [0, 0.05) is 6.08 Å². The molecule has 0 aliphatic rings. The van der Waals surface area contributed by atoms with Crippen molar-refractivity contribution in [3.63, 3.8) is 0 Å². The van der Waals surface area contributed by atoms with Crippen LogP contribution in [-0.4, -0.2) is 18.7 Å². The van der Waals surface area contributed by atoms with Crippen molar-refractivity contribution in [2.45, 2.75) is 59.0 Å². The standard InChI is InChI=1S/C20H30O3/c1-6-16(2)8-7-15-20(3,4)23-19(21)14-11-17-9-12-18(22-5)13-10-17/h9-14,16H,6-8,15H2,1-5H3/b14-11+. The molecule has 1 aromatic rings. The average Bonchev–Trinajstić information content (AvgIpc) is 2.52. The molecule has 0 amide bonds. The van der Waals surface area contributed by atoms with Crippen molar-refractivity contribution in [2.24, 2.45) is 5.92 Å². The van der Waals surface area contributed by atoms with E-state index in [1.54, 1.807) is 13.2 Å². The molecule has 0 bridgehead atoms. The highest BCUT2D eigenvalue weighted by Gasteiger charge is 2.21. The molecular weight excluding hydrogens is 288 g/mol. The number of hydrogen-bond acceptors (Lipinski definition) is 3. The van der Waals surface area contributed by atoms with Gasteiger partial charge in [0.1, 0.15) is 11.4 Å². The predicted molar refractivity (Wildman–Crippen MR) is 95.5 cm³/mol. The minimum atomic E-state index is -0.422. The zero-order chi connectivity index (χ0) is 17.3. The third-order valence-corrected chi connectivity index (χ3v) is 4.08. The molecule has 0 N–H and O–H groups in total. The molecule has 1 unspecified atom stereocenters. The van der Waals surface area contributed by atoms with Gasteiger partial charge in [-0.3, -0.25) is 0 Å². The fraction of sp³-hybridized carbons (Fsp3) is 0.550. The van der Waals surface area contributed by atoms with Crippen molar-refractivity contribution in [2.75, 3.05) is 7.11 Å². The van der Waals surface area contributed by atoms with Crippen LogP contribution in [-0.2, 0) is 9.53 Å². The van der Waals surface area contributed by atoms with Crippen LogP contribution in [0.25, 0.3) is 6.08 Å². The summed E-state index contributed by atoms with van der Waals surface area (Å²) < 4.78 is 10.7. The number of hydrogen-bond donors (Lipinski definition) is 0. The summed E-state index contributed by atoms with van der Waals surface area (Å²) in [7, 11) is 1.63. The Morgan fingerprint density at radius 1 is 1.26 bits per heavy atom. The zero-order valence-electron chi connectivity index (χ0n) is 15.1. The molecule has 0 fully saturated rings. The molecule has 1 atom stereocenters. The van der Waals surface area contributed by atoms with Crippen LogP contribution < -0.4 is 4.74 Å². The van der Waals surface area contributed by atoms with Gasteiger partial charge in [-0.2, -0.15) is 0 Å². The maximum Gasteiger partial charge on any atom is 0.331 e. The summed E-state index contributed by atoms with van der Waals surface area (Å²) in [6.45, 7) is 8.42. The van der Waals surface area contributed by atoms with E-state index in [9.17, 15) is 4.79 Å². The van der Waals surface area contributed by atoms with E-state index in [4.69, 9.17) is 9.47 Å². The van der Waals surface area contributed by atoms with Gasteiger partial charge < -0.3 is 9.47 Å². The van der Waals surface area contributed by atoms with Crippen LogP contribution in [0.3, 0.4) is 0 Å². The number of carbonyl (C=O) groups excluding carboxylic acids is 1. The molecule has 0 spiro atoms. The lowest BCUT2D eigenvalue weighted by Gasteiger charge is -2.25. The van der Waals surface area contributed by atoms with Crippen LogP contribution in [0, 0.1) is 5.92 Å². The normalized spacial score (nSPS) is 13.1. The third-order valence-electron chi connectivity index (χ3n) is 4.08. The SMILES string of the molecule is CCC(C)CCCC(C)(C)OC(=O)/C=C/c1ccc(OC)cc1. The van der Waals surface area contributed by atoms with E-state index in [0.717, 1.165) is 30.1 Å². The molecule has 0 aromatic heterocycles. The van der Waals surface area contributed by atoms with E-state index < -0.39 is 5.60 Å². The summed E-state index contributed by atoms with van der Waals surface area (Å²) in [4.78, 5) is 12.0. The monoisotopic (exact) mass is 318 g/mol. The fourth-order valence-electron chi connectivity index (χ4n) is 2.32. The molecule has 0 aliphatic heterocycles. The molecule has 0 radical (unpaired) electrons. The molecular formula is C20H30O3. The molecule has 0 heterocycles. The average molecular weight is 318 g/mol. The first-order valence-corrected chi connectivity index (χ1v) is 8.41. The first-order chi connectivity index (χ1) is 10.9. The Bertz CT molecular complexity index is 500. The lowest BCUT2D eigenvalue weighted by atomic mass is 9.95. The second-order valence-electron chi connectivity index (χ2n) is 6.69. The van der Waals surface area contributed by atoms with Crippen molar-refractivity contribution in [3.8, 4) is 5.75 Å². The number of carbonyl (C=O) groups is 1. The van der Waals surface area contributed by atoms with Crippen molar-refractivity contribution >= 4 is 12.0 Å². The molecule has 1 rings (SSSR count). The van der Waals surface area contributed by atoms with E-state index in [0.29, 0.717) is 0 Å². The van der Waals surface area contributed by atoms with Crippen molar-refractivity contribution in [3.05, 3.63) is 35.9 Å². The van der Waals surface area contributed by atoms with Gasteiger partial charge in [0.2, 0.25) is 0 Å². The van der Waals surface area contributed by atoms with Crippen molar-refractivity contribution in [1.29, 1.82) is 0 Å². The highest BCUT2D eigenvalue weighted by molar-refractivity contribution is 5.87. The Morgan fingerprint density at radius 2 is 1.91 bits per heavy atom. The first-order valence-electron chi connectivity index (χ1n) is 8.41. The second kappa shape index (κ2) is 9.39. The number of benzene rings is 1. The first kappa shape index (κ1) is 19.3. The van der Waals surface area contributed by atoms with Crippen LogP contribution in [0.4, 0.5) is 0 Å². The summed E-state index contributed by atoms with van der Waals surface area (Å²) in [6.07, 6.45) is 7.59. The Hall–Kier alpha value is -1.77. The number of esters is 1. The van der Waals surface area contributed by atoms with Crippen LogP contribution in [0.5, 0.6) is 5.75 Å². The van der Waals surface area contributed by atoms with Crippen LogP contribution in [0.2, 0.25) is 0 Å². The molecule has 1 aromatic carbocycles. The molecule has 0 aliphatic carbocycles. The predicted octanol–water partition coefficient (Wildman–Crippen LogP) is 5.25. The van der Waals surface area contributed by atoms with Gasteiger partial charge in [0.25, 0.3) is 0 Å². The summed E-state index contributed by atoms with van der Waals surface area (Å²) in [5.41, 5.74) is 0.520. The molecule has 23 heavy (non-hydrogen) atoms. The Morgan fingerprint density at radius 3 is 2.48 bits per heavy atom. The topological polar surface area (TPSA) is 35.5 Å². The maximum absolute atomic E-state index is 12.0. The fourth-order valence-corrected chi connectivity index (χ4v) is 2.32. The summed E-state index contributed by atoms with van der Waals surface area (Å²) in [6, 6.07) is 7.54. The van der Waals surface area contributed by atoms with Crippen molar-refractivity contribution < 1.29 is 14.3 Å². The van der Waals surface area contributed by atoms with E-state index in [-0.39, 0.29) is 5.97 Å². The minimum Gasteiger partial charge on any atom is -0.497 e. The van der Waals surface area contributed by atoms with E-state index in [1.807, 2.05) is 38.1 Å². The molecule has 0 saturated carbocycles. The van der Waals surface area contributed by atoms with Gasteiger partial charge in [0.15, 0.2) is 0 Å². The quantitative estimate of drug-likeness (QED) is 0.461. The van der Waals surface area contributed by atoms with Gasteiger partial charge in [-0.25, -0.2) is 4.79 Å². The van der Waals surface area contributed by atoms with Crippen molar-refractivity contribution in [1.82, 2.24) is 0 Å². The highest BCUT2D eigenvalue weighted by Crippen LogP contribution is 2.21. The van der Waals surface area contributed by atoms with Gasteiger partial charge in [-0.05, 0) is 56.4 Å². The number of rotatable bonds is 9. The van der Waals surface area contributed by atoms with Crippen LogP contribution in [0.1, 0.15) is 58.9 Å². The van der Waals surface area contributed by atoms with Crippen LogP contribution >= 0.6 is 0 Å². The third kappa shape index (κ3) is 7.87. The van der Waals surface area contributed by atoms with Gasteiger partial charge >= 0.3 is 5.97 Å². The molecule has 3 heteroatoms. The number of methoxy groups -OCH3 is 1. The Kier molecular flexibility index (Phi) is 7.87.